The number of nitrogens with zero attached hydrogens (tertiary/aromatic N) is 1. The van der Waals surface area contributed by atoms with E-state index in [9.17, 15) is 18.9 Å². The molecule has 102 valence electrons. The summed E-state index contributed by atoms with van der Waals surface area (Å²) in [6.45, 7) is 0.0907. The van der Waals surface area contributed by atoms with E-state index in [4.69, 9.17) is 10.8 Å². The molecule has 0 aliphatic rings. The molecule has 3 N–H and O–H groups in total. The summed E-state index contributed by atoms with van der Waals surface area (Å²) in [5.74, 6) is -3.51. The number of alkyl halides is 2. The van der Waals surface area contributed by atoms with E-state index in [2.05, 4.69) is 0 Å². The third-order valence-electron chi connectivity index (χ3n) is 2.45. The molecule has 1 aromatic rings. The summed E-state index contributed by atoms with van der Waals surface area (Å²) >= 11 is 0. The Morgan fingerprint density at radius 3 is 2.56 bits per heavy atom. The third-order valence-corrected chi connectivity index (χ3v) is 2.45. The maximum Gasteiger partial charge on any atom is 0.289 e. The first-order valence-electron chi connectivity index (χ1n) is 4.79. The fraction of sp³-hybridized carbons (Fsp3) is 0.400. The molecule has 0 amide bonds. The highest BCUT2D eigenvalue weighted by Crippen LogP contribution is 2.31. The lowest BCUT2D eigenvalue weighted by molar-refractivity contribution is -0.385. The van der Waals surface area contributed by atoms with Crippen LogP contribution in [0.15, 0.2) is 18.2 Å². The van der Waals surface area contributed by atoms with Crippen molar-refractivity contribution in [3.63, 3.8) is 0 Å². The summed E-state index contributed by atoms with van der Waals surface area (Å²) in [5.41, 5.74) is 5.28. The molecule has 18 heavy (non-hydrogen) atoms. The molecule has 0 saturated carbocycles. The number of hydrogen-bond donors (Lipinski definition) is 2. The monoisotopic (exact) mass is 282 g/mol. The van der Waals surface area contributed by atoms with Crippen LogP contribution in [0.4, 0.5) is 14.5 Å². The van der Waals surface area contributed by atoms with Gasteiger partial charge in [0.2, 0.25) is 0 Å². The molecule has 0 saturated heterocycles. The van der Waals surface area contributed by atoms with Crippen LogP contribution in [0.2, 0.25) is 0 Å². The molecule has 1 rings (SSSR count). The molecule has 1 aromatic carbocycles. The summed E-state index contributed by atoms with van der Waals surface area (Å²) < 4.78 is 26.2. The molecular weight excluding hydrogens is 270 g/mol. The average molecular weight is 283 g/mol. The lowest BCUT2D eigenvalue weighted by Gasteiger charge is -2.21. The molecule has 5 nitrogen and oxygen atoms in total. The summed E-state index contributed by atoms with van der Waals surface area (Å²) in [6.07, 6.45) is 0. The lowest BCUT2D eigenvalue weighted by Crippen LogP contribution is -2.36. The first-order valence-corrected chi connectivity index (χ1v) is 4.79. The zero-order chi connectivity index (χ0) is 13.2. The molecule has 0 radical (unpaired) electrons. The number of aliphatic hydroxyl groups is 1. The number of aryl methyl sites for hydroxylation is 1. The maximum absolute atomic E-state index is 13.1. The van der Waals surface area contributed by atoms with Crippen LogP contribution in [0.25, 0.3) is 0 Å². The van der Waals surface area contributed by atoms with E-state index >= 15 is 0 Å². The van der Waals surface area contributed by atoms with Gasteiger partial charge in [-0.15, -0.1) is 12.4 Å². The van der Waals surface area contributed by atoms with Crippen molar-refractivity contribution in [1.82, 2.24) is 0 Å². The number of nitro benzene ring substituents is 1. The zero-order valence-electron chi connectivity index (χ0n) is 9.47. The Kier molecular flexibility index (Phi) is 5.59. The largest absolute Gasteiger partial charge is 0.390 e. The van der Waals surface area contributed by atoms with E-state index in [0.29, 0.717) is 5.56 Å². The van der Waals surface area contributed by atoms with Crippen LogP contribution in [0.3, 0.4) is 0 Å². The van der Waals surface area contributed by atoms with Gasteiger partial charge in [-0.05, 0) is 12.5 Å². The van der Waals surface area contributed by atoms with Crippen LogP contribution < -0.4 is 5.73 Å². The summed E-state index contributed by atoms with van der Waals surface area (Å²) in [7, 11) is 0. The van der Waals surface area contributed by atoms with E-state index < -0.39 is 23.5 Å². The SMILES string of the molecule is Cc1ccc([C@H](N)C(F)(F)CO)cc1[N+](=O)[O-].Cl. The summed E-state index contributed by atoms with van der Waals surface area (Å²) in [5, 5.41) is 19.1. The van der Waals surface area contributed by atoms with Gasteiger partial charge < -0.3 is 10.8 Å². The van der Waals surface area contributed by atoms with Gasteiger partial charge in [-0.3, -0.25) is 10.1 Å². The Morgan fingerprint density at radius 2 is 2.11 bits per heavy atom. The Bertz CT molecular complexity index is 443. The van der Waals surface area contributed by atoms with Gasteiger partial charge in [0.25, 0.3) is 11.6 Å². The number of aliphatic hydroxyl groups excluding tert-OH is 1. The first kappa shape index (κ1) is 16.7. The van der Waals surface area contributed by atoms with Gasteiger partial charge in [-0.2, -0.15) is 0 Å². The quantitative estimate of drug-likeness (QED) is 0.652. The maximum atomic E-state index is 13.1. The smallest absolute Gasteiger partial charge is 0.289 e. The molecule has 0 bridgehead atoms. The topological polar surface area (TPSA) is 89.4 Å². The van der Waals surface area contributed by atoms with Gasteiger partial charge in [0.05, 0.1) is 11.0 Å². The van der Waals surface area contributed by atoms with E-state index in [1.807, 2.05) is 0 Å². The van der Waals surface area contributed by atoms with E-state index in [-0.39, 0.29) is 23.7 Å². The standard InChI is InChI=1S/C10H12F2N2O3.ClH/c1-6-2-3-7(4-8(6)14(16)17)9(13)10(11,12)5-15;/h2-4,9,15H,5,13H2,1H3;1H/t9-;/m0./s1. The second-order valence-corrected chi connectivity index (χ2v) is 3.70. The minimum absolute atomic E-state index is 0. The number of hydrogen-bond acceptors (Lipinski definition) is 4. The number of benzene rings is 1. The average Bonchev–Trinajstić information content (AvgIpc) is 2.28. The molecule has 0 aromatic heterocycles. The molecular formula is C10H13ClF2N2O3. The molecule has 0 fully saturated rings. The number of nitro groups is 1. The highest BCUT2D eigenvalue weighted by atomic mass is 35.5. The van der Waals surface area contributed by atoms with Crippen molar-refractivity contribution in [3.8, 4) is 0 Å². The van der Waals surface area contributed by atoms with Crippen molar-refractivity contribution in [2.45, 2.75) is 18.9 Å². The highest BCUT2D eigenvalue weighted by Gasteiger charge is 2.37. The Balaban J connectivity index is 0.00000289. The fourth-order valence-electron chi connectivity index (χ4n) is 1.36. The molecule has 0 heterocycles. The van der Waals surface area contributed by atoms with Crippen LogP contribution in [-0.2, 0) is 0 Å². The summed E-state index contributed by atoms with van der Waals surface area (Å²) in [6, 6.07) is 1.87. The van der Waals surface area contributed by atoms with Crippen LogP contribution in [0, 0.1) is 17.0 Å². The van der Waals surface area contributed by atoms with Gasteiger partial charge >= 0.3 is 0 Å². The predicted molar refractivity (Wildman–Crippen MR) is 64.0 cm³/mol. The van der Waals surface area contributed by atoms with Crippen molar-refractivity contribution in [3.05, 3.63) is 39.4 Å². The van der Waals surface area contributed by atoms with Gasteiger partial charge in [0.1, 0.15) is 6.61 Å². The molecule has 1 atom stereocenters. The second-order valence-electron chi connectivity index (χ2n) is 3.70. The van der Waals surface area contributed by atoms with Crippen LogP contribution in [-0.4, -0.2) is 22.6 Å². The molecule has 0 unspecified atom stereocenters. The van der Waals surface area contributed by atoms with Crippen LogP contribution in [0.5, 0.6) is 0 Å². The second kappa shape index (κ2) is 6.03. The van der Waals surface area contributed by atoms with E-state index in [1.165, 1.54) is 19.1 Å². The van der Waals surface area contributed by atoms with Gasteiger partial charge in [0.15, 0.2) is 0 Å². The van der Waals surface area contributed by atoms with Gasteiger partial charge in [0, 0.05) is 11.6 Å². The fourth-order valence-corrected chi connectivity index (χ4v) is 1.36. The molecule has 0 aliphatic heterocycles. The normalized spacial score (nSPS) is 12.7. The molecule has 8 heteroatoms. The highest BCUT2D eigenvalue weighted by molar-refractivity contribution is 5.85. The predicted octanol–water partition coefficient (Wildman–Crippen LogP) is 1.95. The van der Waals surface area contributed by atoms with Crippen molar-refractivity contribution in [2.24, 2.45) is 5.73 Å². The molecule has 0 aliphatic carbocycles. The molecule has 0 spiro atoms. The van der Waals surface area contributed by atoms with Crippen molar-refractivity contribution in [1.29, 1.82) is 0 Å². The minimum atomic E-state index is -3.51. The minimum Gasteiger partial charge on any atom is -0.390 e. The zero-order valence-corrected chi connectivity index (χ0v) is 10.3. The van der Waals surface area contributed by atoms with Crippen molar-refractivity contribution in [2.75, 3.05) is 6.61 Å². The lowest BCUT2D eigenvalue weighted by atomic mass is 9.99. The first-order chi connectivity index (χ1) is 7.79. The number of halogens is 3. The Labute approximate surface area is 108 Å². The number of nitrogens with two attached hydrogens (primary N) is 1. The van der Waals surface area contributed by atoms with Gasteiger partial charge in [-0.1, -0.05) is 12.1 Å². The van der Waals surface area contributed by atoms with Crippen LogP contribution in [0.1, 0.15) is 17.2 Å². The van der Waals surface area contributed by atoms with E-state index in [0.717, 1.165) is 6.07 Å². The van der Waals surface area contributed by atoms with Gasteiger partial charge in [-0.25, -0.2) is 8.78 Å². The Morgan fingerprint density at radius 1 is 1.56 bits per heavy atom. The summed E-state index contributed by atoms with van der Waals surface area (Å²) in [4.78, 5) is 9.98. The van der Waals surface area contributed by atoms with E-state index in [1.54, 1.807) is 0 Å². The number of rotatable bonds is 4. The van der Waals surface area contributed by atoms with Crippen molar-refractivity contribution >= 4 is 18.1 Å². The Hall–Kier alpha value is -1.31. The van der Waals surface area contributed by atoms with Crippen molar-refractivity contribution < 1.29 is 18.8 Å². The van der Waals surface area contributed by atoms with Crippen LogP contribution >= 0.6 is 12.4 Å². The third kappa shape index (κ3) is 3.34.